The van der Waals surface area contributed by atoms with Crippen molar-refractivity contribution in [3.8, 4) is 5.75 Å². The van der Waals surface area contributed by atoms with Crippen molar-refractivity contribution >= 4 is 16.9 Å². The summed E-state index contributed by atoms with van der Waals surface area (Å²) in [5.41, 5.74) is 1.77. The molecule has 5 heteroatoms. The number of esters is 1. The second kappa shape index (κ2) is 6.69. The van der Waals surface area contributed by atoms with E-state index in [-0.39, 0.29) is 12.0 Å². The van der Waals surface area contributed by atoms with E-state index in [0.29, 0.717) is 16.9 Å². The molecule has 5 nitrogen and oxygen atoms in total. The van der Waals surface area contributed by atoms with Crippen LogP contribution in [0, 0.1) is 0 Å². The van der Waals surface area contributed by atoms with Crippen LogP contribution in [0.5, 0.6) is 5.75 Å². The number of ether oxygens (including phenoxy) is 2. The van der Waals surface area contributed by atoms with Crippen LogP contribution in [0.25, 0.3) is 10.9 Å². The molecule has 0 saturated heterocycles. The monoisotopic (exact) mass is 315 g/mol. The van der Waals surface area contributed by atoms with Crippen molar-refractivity contribution in [1.29, 1.82) is 0 Å². The van der Waals surface area contributed by atoms with Gasteiger partial charge in [-0.3, -0.25) is 9.59 Å². The van der Waals surface area contributed by atoms with E-state index in [9.17, 15) is 9.59 Å². The van der Waals surface area contributed by atoms with Gasteiger partial charge in [-0.1, -0.05) is 18.7 Å². The largest absolute Gasteiger partial charge is 0.496 e. The highest BCUT2D eigenvalue weighted by atomic mass is 16.5. The lowest BCUT2D eigenvalue weighted by Gasteiger charge is -2.20. The molecular formula is C18H21NO4. The zero-order valence-corrected chi connectivity index (χ0v) is 13.9. The van der Waals surface area contributed by atoms with Gasteiger partial charge in [0.2, 0.25) is 0 Å². The van der Waals surface area contributed by atoms with Crippen LogP contribution in [-0.4, -0.2) is 23.8 Å². The summed E-state index contributed by atoms with van der Waals surface area (Å²) in [6.45, 7) is 6.96. The standard InChI is InChI=1S/C18H21NO4/c1-11(2)16(23-12(3)20)10-14-17(22-5)13-8-6-7-9-15(13)19(4)18(14)21/h6-9,16H,1,10H2,2-5H3/t16-/m0/s1. The number of hydrogen-bond donors (Lipinski definition) is 0. The highest BCUT2D eigenvalue weighted by Gasteiger charge is 2.22. The predicted octanol–water partition coefficient (Wildman–Crippen LogP) is 2.60. The summed E-state index contributed by atoms with van der Waals surface area (Å²) in [5, 5.41) is 0.843. The Balaban J connectivity index is 2.64. The van der Waals surface area contributed by atoms with Gasteiger partial charge in [0.15, 0.2) is 0 Å². The smallest absolute Gasteiger partial charge is 0.303 e. The van der Waals surface area contributed by atoms with E-state index in [1.54, 1.807) is 18.5 Å². The molecule has 0 unspecified atom stereocenters. The highest BCUT2D eigenvalue weighted by molar-refractivity contribution is 5.86. The van der Waals surface area contributed by atoms with E-state index in [1.807, 2.05) is 24.3 Å². The molecular weight excluding hydrogens is 294 g/mol. The van der Waals surface area contributed by atoms with Crippen molar-refractivity contribution in [2.45, 2.75) is 26.4 Å². The van der Waals surface area contributed by atoms with Gasteiger partial charge in [-0.05, 0) is 24.6 Å². The van der Waals surface area contributed by atoms with Gasteiger partial charge in [0, 0.05) is 25.8 Å². The van der Waals surface area contributed by atoms with Crippen LogP contribution in [0.4, 0.5) is 0 Å². The second-order valence-corrected chi connectivity index (χ2v) is 5.54. The highest BCUT2D eigenvalue weighted by Crippen LogP contribution is 2.28. The number of para-hydroxylation sites is 1. The number of fused-ring (bicyclic) bond motifs is 1. The average Bonchev–Trinajstić information content (AvgIpc) is 2.51. The van der Waals surface area contributed by atoms with Crippen molar-refractivity contribution < 1.29 is 14.3 Å². The SMILES string of the molecule is C=C(C)[C@H](Cc1c(OC)c2ccccc2n(C)c1=O)OC(C)=O. The summed E-state index contributed by atoms with van der Waals surface area (Å²) in [5.74, 6) is 0.108. The Morgan fingerprint density at radius 3 is 2.52 bits per heavy atom. The number of aromatic nitrogens is 1. The number of aryl methyl sites for hydroxylation is 1. The Bertz CT molecular complexity index is 820. The summed E-state index contributed by atoms with van der Waals surface area (Å²) >= 11 is 0. The zero-order chi connectivity index (χ0) is 17.1. The number of carbonyl (C=O) groups excluding carboxylic acids is 1. The number of hydrogen-bond acceptors (Lipinski definition) is 4. The molecule has 0 N–H and O–H groups in total. The van der Waals surface area contributed by atoms with Crippen LogP contribution >= 0.6 is 0 Å². The van der Waals surface area contributed by atoms with Gasteiger partial charge < -0.3 is 14.0 Å². The first-order valence-electron chi connectivity index (χ1n) is 7.34. The maximum Gasteiger partial charge on any atom is 0.303 e. The number of methoxy groups -OCH3 is 1. The molecule has 0 aliphatic rings. The van der Waals surface area contributed by atoms with Crippen LogP contribution in [0.1, 0.15) is 19.4 Å². The Labute approximate surface area is 135 Å². The van der Waals surface area contributed by atoms with Crippen molar-refractivity contribution in [1.82, 2.24) is 4.57 Å². The van der Waals surface area contributed by atoms with Crippen molar-refractivity contribution in [3.05, 3.63) is 52.3 Å². The summed E-state index contributed by atoms with van der Waals surface area (Å²) in [6, 6.07) is 7.53. The van der Waals surface area contributed by atoms with E-state index in [4.69, 9.17) is 9.47 Å². The van der Waals surface area contributed by atoms with Gasteiger partial charge in [0.1, 0.15) is 11.9 Å². The normalized spacial score (nSPS) is 12.0. The van der Waals surface area contributed by atoms with Crippen LogP contribution < -0.4 is 10.3 Å². The van der Waals surface area contributed by atoms with Crippen LogP contribution in [0.2, 0.25) is 0 Å². The van der Waals surface area contributed by atoms with E-state index in [1.165, 1.54) is 14.0 Å². The van der Waals surface area contributed by atoms with Crippen LogP contribution in [-0.2, 0) is 23.0 Å². The maximum atomic E-state index is 12.7. The molecule has 0 saturated carbocycles. The summed E-state index contributed by atoms with van der Waals surface area (Å²) in [7, 11) is 3.25. The molecule has 1 atom stereocenters. The Morgan fingerprint density at radius 2 is 1.96 bits per heavy atom. The Morgan fingerprint density at radius 1 is 1.30 bits per heavy atom. The van der Waals surface area contributed by atoms with Gasteiger partial charge in [-0.25, -0.2) is 0 Å². The third-order valence-corrected chi connectivity index (χ3v) is 3.80. The number of carbonyl (C=O) groups is 1. The summed E-state index contributed by atoms with van der Waals surface area (Å²) in [4.78, 5) is 24.0. The van der Waals surface area contributed by atoms with Gasteiger partial charge in [-0.15, -0.1) is 0 Å². The predicted molar refractivity (Wildman–Crippen MR) is 89.8 cm³/mol. The quantitative estimate of drug-likeness (QED) is 0.628. The fourth-order valence-electron chi connectivity index (χ4n) is 2.65. The molecule has 1 aromatic carbocycles. The molecule has 0 amide bonds. The molecule has 122 valence electrons. The fourth-order valence-corrected chi connectivity index (χ4v) is 2.65. The third-order valence-electron chi connectivity index (χ3n) is 3.80. The van der Waals surface area contributed by atoms with Crippen LogP contribution in [0.3, 0.4) is 0 Å². The minimum absolute atomic E-state index is 0.168. The third kappa shape index (κ3) is 3.28. The first kappa shape index (κ1) is 16.8. The lowest BCUT2D eigenvalue weighted by atomic mass is 10.0. The molecule has 0 spiro atoms. The van der Waals surface area contributed by atoms with E-state index in [0.717, 1.165) is 10.9 Å². The minimum Gasteiger partial charge on any atom is -0.496 e. The molecule has 2 aromatic rings. The lowest BCUT2D eigenvalue weighted by molar-refractivity contribution is -0.144. The number of rotatable bonds is 5. The maximum absolute atomic E-state index is 12.7. The first-order valence-corrected chi connectivity index (χ1v) is 7.34. The summed E-state index contributed by atoms with van der Waals surface area (Å²) in [6.07, 6.45) is -0.328. The molecule has 1 heterocycles. The molecule has 0 fully saturated rings. The molecule has 2 rings (SSSR count). The molecule has 0 radical (unpaired) electrons. The van der Waals surface area contributed by atoms with Gasteiger partial charge in [0.05, 0.1) is 18.2 Å². The topological polar surface area (TPSA) is 57.5 Å². The van der Waals surface area contributed by atoms with Gasteiger partial charge in [-0.2, -0.15) is 0 Å². The van der Waals surface area contributed by atoms with E-state index < -0.39 is 12.1 Å². The lowest BCUT2D eigenvalue weighted by Crippen LogP contribution is -2.28. The number of nitrogens with zero attached hydrogens (tertiary/aromatic N) is 1. The van der Waals surface area contributed by atoms with Crippen molar-refractivity contribution in [3.63, 3.8) is 0 Å². The molecule has 0 aliphatic carbocycles. The van der Waals surface area contributed by atoms with Crippen molar-refractivity contribution in [2.75, 3.05) is 7.11 Å². The Hall–Kier alpha value is -2.56. The summed E-state index contributed by atoms with van der Waals surface area (Å²) < 4.78 is 12.4. The molecule has 1 aromatic heterocycles. The first-order chi connectivity index (χ1) is 10.9. The number of benzene rings is 1. The van der Waals surface area contributed by atoms with E-state index in [2.05, 4.69) is 6.58 Å². The van der Waals surface area contributed by atoms with Crippen LogP contribution in [0.15, 0.2) is 41.2 Å². The zero-order valence-electron chi connectivity index (χ0n) is 13.9. The Kier molecular flexibility index (Phi) is 4.89. The molecule has 0 aliphatic heterocycles. The van der Waals surface area contributed by atoms with Gasteiger partial charge >= 0.3 is 5.97 Å². The minimum atomic E-state index is -0.560. The van der Waals surface area contributed by atoms with E-state index >= 15 is 0 Å². The number of pyridine rings is 1. The second-order valence-electron chi connectivity index (χ2n) is 5.54. The fraction of sp³-hybridized carbons (Fsp3) is 0.333. The molecule has 0 bridgehead atoms. The average molecular weight is 315 g/mol. The van der Waals surface area contributed by atoms with Crippen molar-refractivity contribution in [2.24, 2.45) is 7.05 Å². The molecule has 23 heavy (non-hydrogen) atoms. The van der Waals surface area contributed by atoms with Gasteiger partial charge in [0.25, 0.3) is 5.56 Å².